The minimum Gasteiger partial charge on any atom is -0.311 e. The SMILES string of the molecule is C(=C(c1ccccc1)c1ccccc1)c1ccc(-c2ccc(CC(c3ccccc3)c3ccccc3)cc2)cc1.C(=C\c1ccc(N(c2ccccc2)c2ccccc2)cc1)/c1ccc(-c2ccc(/C=C/c3ccc(N(c4ccccc4)c4ccccc4)cc3)cc2)cc1.c1ccc(-c2cccc(N(c3ccccc3)c3ccc4ccc5c(N(c6ccccc6)c6cccc(-c7ccccc7)c6)ccc6ccc3c4c65)c2)cc1. The minimum absolute atomic E-state index is 0.336. The van der Waals surface area contributed by atoms with E-state index in [0.717, 1.165) is 85.8 Å². The van der Waals surface area contributed by atoms with Crippen LogP contribution >= 0.6 is 0 Å². The fourth-order valence-corrected chi connectivity index (χ4v) is 20.1. The van der Waals surface area contributed by atoms with Gasteiger partial charge in [-0.25, -0.2) is 0 Å². The molecule has 4 heteroatoms. The molecule has 0 aliphatic rings. The van der Waals surface area contributed by atoms with E-state index < -0.39 is 0 Å². The molecule has 148 heavy (non-hydrogen) atoms. The van der Waals surface area contributed by atoms with Gasteiger partial charge in [0, 0.05) is 73.6 Å². The summed E-state index contributed by atoms with van der Waals surface area (Å²) in [5, 5.41) is 7.44. The number of para-hydroxylation sites is 6. The number of hydrogen-bond acceptors (Lipinski definition) is 4. The molecular weight excluding hydrogens is 1790 g/mol. The second-order valence-corrected chi connectivity index (χ2v) is 37.1. The number of benzene rings is 24. The van der Waals surface area contributed by atoms with Crippen molar-refractivity contribution < 1.29 is 0 Å². The molecule has 24 aromatic rings. The van der Waals surface area contributed by atoms with Crippen LogP contribution in [-0.4, -0.2) is 0 Å². The molecule has 0 aromatic heterocycles. The monoisotopic (exact) mass is 1890 g/mol. The van der Waals surface area contributed by atoms with Gasteiger partial charge < -0.3 is 19.6 Å². The van der Waals surface area contributed by atoms with Crippen molar-refractivity contribution in [1.29, 1.82) is 0 Å². The van der Waals surface area contributed by atoms with Crippen molar-refractivity contribution >= 4 is 137 Å². The highest BCUT2D eigenvalue weighted by molar-refractivity contribution is 6.28. The maximum atomic E-state index is 2.41. The van der Waals surface area contributed by atoms with Crippen molar-refractivity contribution in [3.63, 3.8) is 0 Å². The summed E-state index contributed by atoms with van der Waals surface area (Å²) in [4.78, 5) is 9.37. The molecule has 24 rings (SSSR count). The summed E-state index contributed by atoms with van der Waals surface area (Å²) in [6.45, 7) is 0. The predicted octanol–water partition coefficient (Wildman–Crippen LogP) is 39.8. The van der Waals surface area contributed by atoms with Gasteiger partial charge in [-0.15, -0.1) is 0 Å². The average molecular weight is 1890 g/mol. The summed E-state index contributed by atoms with van der Waals surface area (Å²) < 4.78 is 0. The van der Waals surface area contributed by atoms with Gasteiger partial charge >= 0.3 is 0 Å². The van der Waals surface area contributed by atoms with E-state index in [0.29, 0.717) is 5.92 Å². The molecule has 0 heterocycles. The average Bonchev–Trinajstić information content (AvgIpc) is 0.717. The van der Waals surface area contributed by atoms with E-state index in [4.69, 9.17) is 0 Å². The van der Waals surface area contributed by atoms with Gasteiger partial charge in [0.05, 0.1) is 11.4 Å². The van der Waals surface area contributed by atoms with E-state index in [1.54, 1.807) is 0 Å². The van der Waals surface area contributed by atoms with Gasteiger partial charge in [0.25, 0.3) is 0 Å². The molecule has 0 unspecified atom stereocenters. The Kier molecular flexibility index (Phi) is 28.7. The highest BCUT2D eigenvalue weighted by Crippen LogP contribution is 2.50. The Hall–Kier alpha value is -19.3. The van der Waals surface area contributed by atoms with Crippen LogP contribution in [0.2, 0.25) is 0 Å². The second kappa shape index (κ2) is 45.3. The lowest BCUT2D eigenvalue weighted by atomic mass is 9.86. The molecule has 0 atom stereocenters. The summed E-state index contributed by atoms with van der Waals surface area (Å²) in [7, 11) is 0. The first-order chi connectivity index (χ1) is 73.4. The number of anilines is 12. The molecule has 4 nitrogen and oxygen atoms in total. The third kappa shape index (κ3) is 21.9. The Morgan fingerprint density at radius 1 is 0.176 bits per heavy atom. The maximum absolute atomic E-state index is 2.41. The lowest BCUT2D eigenvalue weighted by molar-refractivity contribution is 0.805. The molecule has 0 spiro atoms. The molecule has 0 aliphatic heterocycles. The lowest BCUT2D eigenvalue weighted by Gasteiger charge is -2.29. The lowest BCUT2D eigenvalue weighted by Crippen LogP contribution is -2.11. The summed E-state index contributed by atoms with van der Waals surface area (Å²) in [5.41, 5.74) is 36.8. The first kappa shape index (κ1) is 93.7. The van der Waals surface area contributed by atoms with Crippen LogP contribution in [0.25, 0.3) is 113 Å². The van der Waals surface area contributed by atoms with Gasteiger partial charge in [0.15, 0.2) is 0 Å². The molecule has 0 bridgehead atoms. The highest BCUT2D eigenvalue weighted by atomic mass is 15.2. The van der Waals surface area contributed by atoms with Gasteiger partial charge in [-0.1, -0.05) is 497 Å². The van der Waals surface area contributed by atoms with Crippen LogP contribution in [0.1, 0.15) is 61.6 Å². The van der Waals surface area contributed by atoms with E-state index in [-0.39, 0.29) is 0 Å². The van der Waals surface area contributed by atoms with Gasteiger partial charge in [0.2, 0.25) is 0 Å². The third-order valence-electron chi connectivity index (χ3n) is 27.5. The third-order valence-corrected chi connectivity index (χ3v) is 27.5. The zero-order valence-corrected chi connectivity index (χ0v) is 82.2. The van der Waals surface area contributed by atoms with Crippen LogP contribution in [0.5, 0.6) is 0 Å². The molecule has 0 saturated heterocycles. The van der Waals surface area contributed by atoms with Crippen molar-refractivity contribution in [3.05, 3.63) is 662 Å². The smallest absolute Gasteiger partial charge is 0.0540 e. The van der Waals surface area contributed by atoms with Crippen molar-refractivity contribution in [3.8, 4) is 44.5 Å². The molecule has 0 aliphatic carbocycles. The Balaban J connectivity index is 0.000000128. The summed E-state index contributed by atoms with van der Waals surface area (Å²) >= 11 is 0. The van der Waals surface area contributed by atoms with Crippen LogP contribution in [0, 0.1) is 0 Å². The van der Waals surface area contributed by atoms with Crippen molar-refractivity contribution in [2.45, 2.75) is 12.3 Å². The topological polar surface area (TPSA) is 13.0 Å². The van der Waals surface area contributed by atoms with Crippen LogP contribution in [0.3, 0.4) is 0 Å². The number of hydrogen-bond donors (Lipinski definition) is 0. The normalized spacial score (nSPS) is 11.1. The number of nitrogens with zero attached hydrogens (tertiary/aromatic N) is 4. The fourth-order valence-electron chi connectivity index (χ4n) is 20.1. The zero-order chi connectivity index (χ0) is 99.2. The molecular formula is C144H108N4. The molecule has 0 radical (unpaired) electrons. The molecule has 0 fully saturated rings. The van der Waals surface area contributed by atoms with Crippen LogP contribution in [-0.2, 0) is 6.42 Å². The highest BCUT2D eigenvalue weighted by Gasteiger charge is 2.25. The summed E-state index contributed by atoms with van der Waals surface area (Å²) in [5.74, 6) is 0.336. The first-order valence-corrected chi connectivity index (χ1v) is 50.8. The van der Waals surface area contributed by atoms with E-state index in [9.17, 15) is 0 Å². The van der Waals surface area contributed by atoms with Crippen LogP contribution in [0.4, 0.5) is 68.2 Å². The predicted molar refractivity (Wildman–Crippen MR) is 633 cm³/mol. The van der Waals surface area contributed by atoms with Gasteiger partial charge in [-0.3, -0.25) is 0 Å². The van der Waals surface area contributed by atoms with Gasteiger partial charge in [-0.05, 0) is 273 Å². The van der Waals surface area contributed by atoms with E-state index in [1.165, 1.54) is 127 Å². The largest absolute Gasteiger partial charge is 0.311 e. The second-order valence-electron chi connectivity index (χ2n) is 37.1. The Labute approximate surface area is 868 Å². The molecule has 24 aromatic carbocycles. The minimum atomic E-state index is 0.336. The van der Waals surface area contributed by atoms with Crippen LogP contribution in [0.15, 0.2) is 607 Å². The molecule has 0 saturated carbocycles. The summed E-state index contributed by atoms with van der Waals surface area (Å²) in [6, 6.07) is 217. The number of rotatable bonds is 27. The molecule has 704 valence electrons. The molecule has 0 amide bonds. The summed E-state index contributed by atoms with van der Waals surface area (Å²) in [6.07, 6.45) is 11.9. The Morgan fingerprint density at radius 2 is 0.412 bits per heavy atom. The van der Waals surface area contributed by atoms with Crippen molar-refractivity contribution in [2.24, 2.45) is 0 Å². The standard InChI is InChI=1S/C52H36N2.C52H40N2.C40H32/c1-5-15-37(16-6-1)41-19-13-25-45(35-41)53(43-21-9-3-10-22-43)49-33-29-39-28-32-48-50(34-30-40-27-31-47(49)51(39)52(40)48)54(44-23-11-4-12-24-44)46-26-14-20-42(36-46)38-17-7-2-8-18-38;1-5-13-47(14-6-1)53(48-15-7-2-8-16-48)51-37-29-43(30-38-51)23-21-41-25-33-45(34-26-41)46-35-27-42(28-36-46)22-24-44-31-39-52(40-32-44)54(49-17-9-3-10-18-49)50-19-11-4-12-20-50;1-5-13-35(14-6-1)39(36-15-7-2-8-16-36)29-31-21-25-33(26-22-31)34-27-23-32(24-28-34)30-40(37-17-9-3-10-18-37)38-19-11-4-12-20-38/h1-36H;1-40H;1-29,40H,30H2/b;23-21+,24-22+;. The Morgan fingerprint density at radius 3 is 0.730 bits per heavy atom. The van der Waals surface area contributed by atoms with E-state index in [2.05, 4.69) is 657 Å². The van der Waals surface area contributed by atoms with Crippen molar-refractivity contribution in [2.75, 3.05) is 19.6 Å². The van der Waals surface area contributed by atoms with Crippen molar-refractivity contribution in [1.82, 2.24) is 0 Å². The zero-order valence-electron chi connectivity index (χ0n) is 82.2. The molecule has 0 N–H and O–H groups in total. The van der Waals surface area contributed by atoms with Crippen LogP contribution < -0.4 is 19.6 Å². The maximum Gasteiger partial charge on any atom is 0.0540 e. The van der Waals surface area contributed by atoms with E-state index >= 15 is 0 Å². The fraction of sp³-hybridized carbons (Fsp3) is 0.0139. The quantitative estimate of drug-likeness (QED) is 0.0376. The van der Waals surface area contributed by atoms with Gasteiger partial charge in [0.1, 0.15) is 0 Å². The first-order valence-electron chi connectivity index (χ1n) is 50.8. The van der Waals surface area contributed by atoms with Gasteiger partial charge in [-0.2, -0.15) is 0 Å². The van der Waals surface area contributed by atoms with E-state index in [1.807, 2.05) is 0 Å². The Bertz CT molecular complexity index is 7990.